The molecule has 1 aromatic carbocycles. The van der Waals surface area contributed by atoms with E-state index in [0.717, 1.165) is 0 Å². The molecule has 0 saturated carbocycles. The van der Waals surface area contributed by atoms with Crippen LogP contribution in [0.5, 0.6) is 0 Å². The monoisotopic (exact) mass is 299 g/mol. The minimum atomic E-state index is -0.500. The van der Waals surface area contributed by atoms with Crippen LogP contribution in [-0.2, 0) is 26.2 Å². The van der Waals surface area contributed by atoms with Gasteiger partial charge in [0.1, 0.15) is 0 Å². The third kappa shape index (κ3) is 44.5. The van der Waals surface area contributed by atoms with Crippen LogP contribution in [0, 0.1) is 0 Å². The Morgan fingerprint density at radius 1 is 1.00 bits per heavy atom. The van der Waals surface area contributed by atoms with Gasteiger partial charge in [0.05, 0.1) is 5.60 Å². The van der Waals surface area contributed by atoms with Gasteiger partial charge in [0.15, 0.2) is 0 Å². The van der Waals surface area contributed by atoms with E-state index in [9.17, 15) is 0 Å². The minimum Gasteiger partial charge on any atom is -1.00 e. The number of hydrogen-bond acceptors (Lipinski definition) is 1. The first-order valence-corrected chi connectivity index (χ1v) is 3.39. The molecular formula is C9H15Cl2OZr. The van der Waals surface area contributed by atoms with E-state index in [1.807, 2.05) is 30.3 Å². The summed E-state index contributed by atoms with van der Waals surface area (Å²) >= 11 is 0. The van der Waals surface area contributed by atoms with E-state index in [1.54, 1.807) is 20.8 Å². The fourth-order valence-corrected chi connectivity index (χ4v) is 0.321. The van der Waals surface area contributed by atoms with Crippen LogP contribution in [0.3, 0.4) is 0 Å². The number of halogens is 2. The van der Waals surface area contributed by atoms with E-state index in [-0.39, 0.29) is 51.0 Å². The van der Waals surface area contributed by atoms with E-state index in [2.05, 4.69) is 0 Å². The smallest absolute Gasteiger partial charge is 1.00 e. The molecular weight excluding hydrogens is 286 g/mol. The maximum atomic E-state index is 8.52. The van der Waals surface area contributed by atoms with Crippen molar-refractivity contribution >= 4 is 0 Å². The first-order valence-electron chi connectivity index (χ1n) is 3.39. The Hall–Kier alpha value is 0.773. The molecule has 0 saturated heterocycles. The Morgan fingerprint density at radius 2 is 1.23 bits per heavy atom. The van der Waals surface area contributed by atoms with Crippen molar-refractivity contribution in [1.29, 1.82) is 0 Å². The molecule has 1 rings (SSSR count). The second kappa shape index (κ2) is 12.8. The van der Waals surface area contributed by atoms with Crippen LogP contribution in [0.1, 0.15) is 20.8 Å². The zero-order valence-corrected chi connectivity index (χ0v) is 12.1. The van der Waals surface area contributed by atoms with Crippen molar-refractivity contribution < 1.29 is 56.1 Å². The summed E-state index contributed by atoms with van der Waals surface area (Å²) in [5.41, 5.74) is -0.500. The number of hydrogen-bond donors (Lipinski definition) is 1. The van der Waals surface area contributed by atoms with Gasteiger partial charge in [-0.15, -0.1) is 0 Å². The molecule has 0 aromatic heterocycles. The molecule has 0 bridgehead atoms. The fraction of sp³-hybridized carbons (Fsp3) is 0.444. The standard InChI is InChI=1S/C5H5.C4H10O.2ClH.Zr/c1-2-4-5-3-1;1-4(2,3)5;;;/h1-5H;5H,1-3H3;2*1H;/q-1;;;;+3/p-2. The summed E-state index contributed by atoms with van der Waals surface area (Å²) in [6, 6.07) is 10.0. The van der Waals surface area contributed by atoms with E-state index < -0.39 is 5.60 Å². The van der Waals surface area contributed by atoms with Gasteiger partial charge in [-0.3, -0.25) is 0 Å². The van der Waals surface area contributed by atoms with Crippen LogP contribution >= 0.6 is 0 Å². The molecule has 4 heteroatoms. The Morgan fingerprint density at radius 3 is 1.31 bits per heavy atom. The predicted molar refractivity (Wildman–Crippen MR) is 44.0 cm³/mol. The third-order valence-corrected chi connectivity index (χ3v) is 0.556. The van der Waals surface area contributed by atoms with Crippen LogP contribution < -0.4 is 24.8 Å². The van der Waals surface area contributed by atoms with Gasteiger partial charge in [-0.05, 0) is 20.8 Å². The van der Waals surface area contributed by atoms with Crippen LogP contribution in [0.2, 0.25) is 0 Å². The Kier molecular flexibility index (Phi) is 23.1. The summed E-state index contributed by atoms with van der Waals surface area (Å²) in [5, 5.41) is 8.52. The van der Waals surface area contributed by atoms with E-state index in [0.29, 0.717) is 0 Å². The minimum absolute atomic E-state index is 0. The van der Waals surface area contributed by atoms with Crippen molar-refractivity contribution in [2.45, 2.75) is 26.4 Å². The zero-order valence-electron chi connectivity index (χ0n) is 8.09. The first-order chi connectivity index (χ1) is 4.50. The molecule has 0 amide bonds. The summed E-state index contributed by atoms with van der Waals surface area (Å²) in [6.45, 7) is 5.23. The van der Waals surface area contributed by atoms with Crippen molar-refractivity contribution in [3.05, 3.63) is 30.3 Å². The normalized spacial score (nSPS) is 7.69. The number of aliphatic hydroxyl groups is 1. The molecule has 0 heterocycles. The molecule has 75 valence electrons. The molecule has 0 aliphatic heterocycles. The van der Waals surface area contributed by atoms with Gasteiger partial charge >= 0.3 is 26.2 Å². The van der Waals surface area contributed by atoms with Crippen molar-refractivity contribution in [3.8, 4) is 0 Å². The van der Waals surface area contributed by atoms with Gasteiger partial charge < -0.3 is 29.9 Å². The van der Waals surface area contributed by atoms with Gasteiger partial charge in [0.2, 0.25) is 0 Å². The molecule has 1 radical (unpaired) electrons. The number of rotatable bonds is 0. The summed E-state index contributed by atoms with van der Waals surface area (Å²) in [4.78, 5) is 0. The molecule has 0 spiro atoms. The first kappa shape index (κ1) is 23.5. The van der Waals surface area contributed by atoms with E-state index in [4.69, 9.17) is 5.11 Å². The molecule has 13 heavy (non-hydrogen) atoms. The molecule has 0 unspecified atom stereocenters. The van der Waals surface area contributed by atoms with Crippen molar-refractivity contribution in [2.75, 3.05) is 0 Å². The van der Waals surface area contributed by atoms with Gasteiger partial charge in [0, 0.05) is 0 Å². The van der Waals surface area contributed by atoms with Crippen LogP contribution in [0.4, 0.5) is 0 Å². The summed E-state index contributed by atoms with van der Waals surface area (Å²) in [6.07, 6.45) is 0. The predicted octanol–water partition coefficient (Wildman–Crippen LogP) is -3.81. The van der Waals surface area contributed by atoms with Crippen molar-refractivity contribution in [3.63, 3.8) is 0 Å². The second-order valence-electron chi connectivity index (χ2n) is 3.13. The quantitative estimate of drug-likeness (QED) is 0.487. The SMILES string of the molecule is CC(C)(C)O.[Cl-].[Cl-].[Zr+3].c1cc[cH-]c1. The van der Waals surface area contributed by atoms with Crippen LogP contribution in [0.25, 0.3) is 0 Å². The molecule has 0 aliphatic rings. The van der Waals surface area contributed by atoms with Gasteiger partial charge in [0.25, 0.3) is 0 Å². The van der Waals surface area contributed by atoms with Gasteiger partial charge in [-0.2, -0.15) is 18.2 Å². The molecule has 0 fully saturated rings. The zero-order chi connectivity index (χ0) is 8.04. The van der Waals surface area contributed by atoms with Crippen LogP contribution in [0.15, 0.2) is 30.3 Å². The van der Waals surface area contributed by atoms with Crippen LogP contribution in [-0.4, -0.2) is 10.7 Å². The van der Waals surface area contributed by atoms with Gasteiger partial charge in [-0.25, -0.2) is 12.1 Å². The van der Waals surface area contributed by atoms with Crippen molar-refractivity contribution in [1.82, 2.24) is 0 Å². The maximum absolute atomic E-state index is 8.52. The molecule has 1 nitrogen and oxygen atoms in total. The van der Waals surface area contributed by atoms with Gasteiger partial charge in [-0.1, -0.05) is 0 Å². The summed E-state index contributed by atoms with van der Waals surface area (Å²) in [5.74, 6) is 0. The largest absolute Gasteiger partial charge is 3.00 e. The second-order valence-corrected chi connectivity index (χ2v) is 3.13. The Bertz CT molecular complexity index is 124. The molecule has 0 atom stereocenters. The van der Waals surface area contributed by atoms with E-state index in [1.165, 1.54) is 0 Å². The topological polar surface area (TPSA) is 20.2 Å². The molecule has 1 N–H and O–H groups in total. The Balaban J connectivity index is -0.0000000506. The molecule has 1 aromatic rings. The maximum Gasteiger partial charge on any atom is 3.00 e. The fourth-order valence-electron chi connectivity index (χ4n) is 0.321. The molecule has 0 aliphatic carbocycles. The third-order valence-electron chi connectivity index (χ3n) is 0.556. The Labute approximate surface area is 112 Å². The van der Waals surface area contributed by atoms with E-state index >= 15 is 0 Å². The average molecular weight is 301 g/mol. The van der Waals surface area contributed by atoms with Crippen molar-refractivity contribution in [2.24, 2.45) is 0 Å². The summed E-state index contributed by atoms with van der Waals surface area (Å²) < 4.78 is 0. The average Bonchev–Trinajstić information content (AvgIpc) is 2.07. The summed E-state index contributed by atoms with van der Waals surface area (Å²) in [7, 11) is 0.